The van der Waals surface area contributed by atoms with E-state index in [2.05, 4.69) is 21.3 Å². The predicted molar refractivity (Wildman–Crippen MR) is 103 cm³/mol. The molecule has 2 N–H and O–H groups in total. The molecular weight excluding hydrogens is 395 g/mol. The molecule has 0 bridgehead atoms. The molecule has 6 nitrogen and oxygen atoms in total. The molecule has 132 valence electrons. The second-order valence-corrected chi connectivity index (χ2v) is 6.73. The van der Waals surface area contributed by atoms with E-state index in [1.54, 1.807) is 24.4 Å². The summed E-state index contributed by atoms with van der Waals surface area (Å²) < 4.78 is 1.50. The molecule has 0 spiro atoms. The Morgan fingerprint density at radius 3 is 2.38 bits per heavy atom. The van der Waals surface area contributed by atoms with Gasteiger partial charge in [0, 0.05) is 0 Å². The van der Waals surface area contributed by atoms with Crippen LogP contribution in [-0.4, -0.2) is 20.6 Å². The first-order valence-electron chi connectivity index (χ1n) is 7.73. The zero-order chi connectivity index (χ0) is 18.1. The summed E-state index contributed by atoms with van der Waals surface area (Å²) in [5.74, 6) is 0.619. The Kier molecular flexibility index (Phi) is 4.74. The normalized spacial score (nSPS) is 13.7. The van der Waals surface area contributed by atoms with Gasteiger partial charge in [0.05, 0.1) is 28.4 Å². The van der Waals surface area contributed by atoms with Crippen LogP contribution in [0.4, 0.5) is 0 Å². The molecule has 26 heavy (non-hydrogen) atoms. The second-order valence-electron chi connectivity index (χ2n) is 5.56. The number of rotatable bonds is 4. The topological polar surface area (TPSA) is 57.5 Å². The molecule has 0 saturated carbocycles. The van der Waals surface area contributed by atoms with Crippen LogP contribution in [0.1, 0.15) is 11.1 Å². The van der Waals surface area contributed by atoms with Gasteiger partial charge in [0.2, 0.25) is 0 Å². The maximum absolute atomic E-state index is 6.57. The number of aromatic nitrogens is 2. The number of nitrogens with one attached hydrogen (secondary N) is 2. The summed E-state index contributed by atoms with van der Waals surface area (Å²) in [6, 6.07) is 15.3. The third-order valence-corrected chi connectivity index (χ3v) is 4.86. The summed E-state index contributed by atoms with van der Waals surface area (Å²) in [4.78, 5) is 0. The van der Waals surface area contributed by atoms with E-state index in [0.29, 0.717) is 38.8 Å². The molecule has 0 amide bonds. The number of hydrazone groups is 1. The monoisotopic (exact) mass is 406 g/mol. The van der Waals surface area contributed by atoms with Crippen molar-refractivity contribution in [3.05, 3.63) is 81.1 Å². The fraction of sp³-hybridized carbons (Fsp3) is 0.0588. The molecule has 0 radical (unpaired) electrons. The minimum Gasteiger partial charge on any atom is -0.266 e. The predicted octanol–water partition coefficient (Wildman–Crippen LogP) is 4.02. The van der Waals surface area contributed by atoms with E-state index < -0.39 is 0 Å². The minimum absolute atomic E-state index is 0.363. The summed E-state index contributed by atoms with van der Waals surface area (Å²) in [5.41, 5.74) is 8.04. The van der Waals surface area contributed by atoms with Gasteiger partial charge in [-0.25, -0.2) is 10.2 Å². The van der Waals surface area contributed by atoms with Crippen LogP contribution in [0.2, 0.25) is 15.2 Å². The molecule has 2 heterocycles. The zero-order valence-corrected chi connectivity index (χ0v) is 15.6. The fourth-order valence-electron chi connectivity index (χ4n) is 2.67. The Balaban J connectivity index is 1.68. The molecule has 1 aliphatic heterocycles. The lowest BCUT2D eigenvalue weighted by atomic mass is 10.2. The van der Waals surface area contributed by atoms with Crippen molar-refractivity contribution >= 4 is 40.6 Å². The summed E-state index contributed by atoms with van der Waals surface area (Å²) in [7, 11) is 0. The van der Waals surface area contributed by atoms with Gasteiger partial charge in [0.15, 0.2) is 5.84 Å². The van der Waals surface area contributed by atoms with Crippen molar-refractivity contribution in [2.45, 2.75) is 6.54 Å². The average Bonchev–Trinajstić information content (AvgIpc) is 3.23. The smallest absolute Gasteiger partial charge is 0.178 e. The molecule has 1 aliphatic rings. The number of hydrazine groups is 2. The van der Waals surface area contributed by atoms with Gasteiger partial charge in [-0.15, -0.1) is 10.6 Å². The van der Waals surface area contributed by atoms with Crippen LogP contribution in [-0.2, 0) is 6.54 Å². The maximum Gasteiger partial charge on any atom is 0.178 e. The highest BCUT2D eigenvalue weighted by Gasteiger charge is 2.25. The summed E-state index contributed by atoms with van der Waals surface area (Å²) in [6.45, 7) is 0.598. The molecule has 0 unspecified atom stereocenters. The first-order valence-corrected chi connectivity index (χ1v) is 8.86. The van der Waals surface area contributed by atoms with Crippen LogP contribution in [0.3, 0.4) is 0 Å². The van der Waals surface area contributed by atoms with E-state index in [-0.39, 0.29) is 0 Å². The maximum atomic E-state index is 6.57. The highest BCUT2D eigenvalue weighted by atomic mass is 35.5. The van der Waals surface area contributed by atoms with E-state index in [9.17, 15) is 0 Å². The largest absolute Gasteiger partial charge is 0.266 e. The second kappa shape index (κ2) is 7.17. The van der Waals surface area contributed by atoms with Crippen LogP contribution in [0.25, 0.3) is 5.69 Å². The Bertz CT molecular complexity index is 950. The SMILES string of the molecule is Clc1cccc(Cl)c1-n1ncc(C2=NNNN2Cc2ccccc2)c1Cl. The Morgan fingerprint density at radius 1 is 0.923 bits per heavy atom. The van der Waals surface area contributed by atoms with Crippen LogP contribution in [0, 0.1) is 0 Å². The van der Waals surface area contributed by atoms with Gasteiger partial charge in [-0.05, 0) is 17.7 Å². The molecule has 0 atom stereocenters. The third kappa shape index (κ3) is 3.12. The number of hydrogen-bond donors (Lipinski definition) is 2. The van der Waals surface area contributed by atoms with Crippen molar-refractivity contribution in [2.75, 3.05) is 0 Å². The average molecular weight is 408 g/mol. The minimum atomic E-state index is 0.363. The van der Waals surface area contributed by atoms with E-state index in [1.807, 2.05) is 35.3 Å². The van der Waals surface area contributed by atoms with Gasteiger partial charge in [-0.3, -0.25) is 5.01 Å². The van der Waals surface area contributed by atoms with Crippen molar-refractivity contribution in [1.29, 1.82) is 0 Å². The highest BCUT2D eigenvalue weighted by molar-refractivity contribution is 6.38. The van der Waals surface area contributed by atoms with E-state index in [1.165, 1.54) is 4.68 Å². The zero-order valence-electron chi connectivity index (χ0n) is 13.3. The van der Waals surface area contributed by atoms with Crippen LogP contribution < -0.4 is 11.1 Å². The van der Waals surface area contributed by atoms with E-state index in [4.69, 9.17) is 34.8 Å². The van der Waals surface area contributed by atoms with Crippen molar-refractivity contribution < 1.29 is 0 Å². The Morgan fingerprint density at radius 2 is 1.65 bits per heavy atom. The van der Waals surface area contributed by atoms with Gasteiger partial charge >= 0.3 is 0 Å². The van der Waals surface area contributed by atoms with Crippen LogP contribution >= 0.6 is 34.8 Å². The molecule has 4 rings (SSSR count). The van der Waals surface area contributed by atoms with Crippen molar-refractivity contribution in [3.8, 4) is 5.69 Å². The summed E-state index contributed by atoms with van der Waals surface area (Å²) in [6.07, 6.45) is 1.63. The number of benzene rings is 2. The van der Waals surface area contributed by atoms with Crippen molar-refractivity contribution in [2.24, 2.45) is 5.10 Å². The molecule has 9 heteroatoms. The first kappa shape index (κ1) is 17.2. The Hall–Kier alpha value is -2.25. The summed E-state index contributed by atoms with van der Waals surface area (Å²) >= 11 is 19.1. The van der Waals surface area contributed by atoms with Gasteiger partial charge in [-0.2, -0.15) is 5.10 Å². The lowest BCUT2D eigenvalue weighted by molar-refractivity contribution is 0.288. The van der Waals surface area contributed by atoms with Crippen LogP contribution in [0.15, 0.2) is 59.8 Å². The van der Waals surface area contributed by atoms with Gasteiger partial charge < -0.3 is 0 Å². The number of nitrogens with zero attached hydrogens (tertiary/aromatic N) is 4. The fourth-order valence-corrected chi connectivity index (χ4v) is 3.49. The van der Waals surface area contributed by atoms with Gasteiger partial charge in [0.1, 0.15) is 10.8 Å². The quantitative estimate of drug-likeness (QED) is 0.686. The Labute approximate surface area is 164 Å². The molecule has 0 fully saturated rings. The number of amidine groups is 1. The molecular formula is C17H13Cl3N6. The van der Waals surface area contributed by atoms with E-state index in [0.717, 1.165) is 5.56 Å². The standard InChI is InChI=1S/C17H13Cl3N6/c18-13-7-4-8-14(19)15(13)26-16(20)12(9-21-26)17-22-23-24-25(17)10-11-5-2-1-3-6-11/h1-9,23-24H,10H2. The molecule has 3 aromatic rings. The van der Waals surface area contributed by atoms with Crippen molar-refractivity contribution in [1.82, 2.24) is 25.9 Å². The molecule has 1 aromatic heterocycles. The van der Waals surface area contributed by atoms with Crippen molar-refractivity contribution in [3.63, 3.8) is 0 Å². The molecule has 2 aromatic carbocycles. The van der Waals surface area contributed by atoms with Gasteiger partial charge in [0.25, 0.3) is 0 Å². The number of hydrogen-bond acceptors (Lipinski definition) is 5. The lowest BCUT2D eigenvalue weighted by Crippen LogP contribution is -2.40. The summed E-state index contributed by atoms with van der Waals surface area (Å²) in [5, 5.41) is 11.7. The third-order valence-electron chi connectivity index (χ3n) is 3.89. The molecule has 0 aliphatic carbocycles. The number of para-hydroxylation sites is 1. The van der Waals surface area contributed by atoms with E-state index >= 15 is 0 Å². The highest BCUT2D eigenvalue weighted by Crippen LogP contribution is 2.32. The number of halogens is 3. The first-order chi connectivity index (χ1) is 12.6. The molecule has 0 saturated heterocycles. The van der Waals surface area contributed by atoms with Gasteiger partial charge in [-0.1, -0.05) is 71.2 Å². The lowest BCUT2D eigenvalue weighted by Gasteiger charge is -2.18. The van der Waals surface area contributed by atoms with Crippen LogP contribution in [0.5, 0.6) is 0 Å².